The van der Waals surface area contributed by atoms with Crippen LogP contribution < -0.4 is 19.8 Å². The summed E-state index contributed by atoms with van der Waals surface area (Å²) in [5.41, 5.74) is 0.999. The molecule has 138 valence electrons. The summed E-state index contributed by atoms with van der Waals surface area (Å²) < 4.78 is 19.0. The summed E-state index contributed by atoms with van der Waals surface area (Å²) in [5, 5.41) is 0.759. The van der Waals surface area contributed by atoms with Gasteiger partial charge in [0.2, 0.25) is 5.75 Å². The summed E-state index contributed by atoms with van der Waals surface area (Å²) in [7, 11) is 6.76. The number of aromatic nitrogens is 1. The Balaban J connectivity index is 1.84. The van der Waals surface area contributed by atoms with E-state index in [-0.39, 0.29) is 5.56 Å². The quantitative estimate of drug-likeness (QED) is 0.636. The molecular formula is C19H22N2O4S. The second kappa shape index (κ2) is 7.80. The van der Waals surface area contributed by atoms with Crippen LogP contribution in [-0.4, -0.2) is 37.2 Å². The zero-order valence-electron chi connectivity index (χ0n) is 15.3. The first kappa shape index (κ1) is 18.3. The Labute approximate surface area is 156 Å². The number of hydrogen-bond donors (Lipinski definition) is 0. The van der Waals surface area contributed by atoms with Gasteiger partial charge < -0.3 is 14.2 Å². The first-order valence-corrected chi connectivity index (χ1v) is 8.91. The van der Waals surface area contributed by atoms with E-state index < -0.39 is 0 Å². The van der Waals surface area contributed by atoms with Crippen molar-refractivity contribution < 1.29 is 14.2 Å². The lowest BCUT2D eigenvalue weighted by Crippen LogP contribution is -2.26. The van der Waals surface area contributed by atoms with Gasteiger partial charge in [-0.15, -0.1) is 0 Å². The van der Waals surface area contributed by atoms with Gasteiger partial charge in [-0.1, -0.05) is 29.7 Å². The summed E-state index contributed by atoms with van der Waals surface area (Å²) in [5.74, 6) is 1.83. The number of benzene rings is 2. The van der Waals surface area contributed by atoms with Gasteiger partial charge in [0, 0.05) is 12.1 Å². The van der Waals surface area contributed by atoms with E-state index in [4.69, 9.17) is 14.2 Å². The van der Waals surface area contributed by atoms with Crippen molar-refractivity contribution in [2.75, 3.05) is 28.4 Å². The molecule has 1 aromatic heterocycles. The fourth-order valence-corrected chi connectivity index (χ4v) is 4.02. The Morgan fingerprint density at radius 1 is 1.00 bits per heavy atom. The number of nitrogens with zero attached hydrogens (tertiary/aromatic N) is 2. The fraction of sp³-hybridized carbons (Fsp3) is 0.316. The molecular weight excluding hydrogens is 352 g/mol. The van der Waals surface area contributed by atoms with Gasteiger partial charge in [-0.2, -0.15) is 0 Å². The minimum atomic E-state index is 0.0386. The molecule has 7 heteroatoms. The molecule has 0 spiro atoms. The van der Waals surface area contributed by atoms with Gasteiger partial charge >= 0.3 is 0 Å². The molecule has 2 aromatic carbocycles. The van der Waals surface area contributed by atoms with Crippen LogP contribution in [-0.2, 0) is 13.2 Å². The highest BCUT2D eigenvalue weighted by Gasteiger charge is 2.17. The second-order valence-corrected chi connectivity index (χ2v) is 6.98. The van der Waals surface area contributed by atoms with Gasteiger partial charge in [-0.3, -0.25) is 9.69 Å². The van der Waals surface area contributed by atoms with Gasteiger partial charge in [0.05, 0.1) is 38.1 Å². The largest absolute Gasteiger partial charge is 0.493 e. The maximum Gasteiger partial charge on any atom is 0.269 e. The number of rotatable bonds is 7. The van der Waals surface area contributed by atoms with Crippen molar-refractivity contribution in [3.63, 3.8) is 0 Å². The molecule has 0 fully saturated rings. The van der Waals surface area contributed by atoms with Crippen LogP contribution in [0.3, 0.4) is 0 Å². The monoisotopic (exact) mass is 374 g/mol. The van der Waals surface area contributed by atoms with E-state index in [2.05, 4.69) is 4.90 Å². The predicted octanol–water partition coefficient (Wildman–Crippen LogP) is 3.18. The van der Waals surface area contributed by atoms with Crippen molar-refractivity contribution in [3.05, 3.63) is 52.3 Å². The molecule has 0 amide bonds. The van der Waals surface area contributed by atoms with Crippen LogP contribution in [0.5, 0.6) is 17.2 Å². The standard InChI is InChI=1S/C19H22N2O4S/c1-20(12-21-19(22)14-7-5-6-8-16(14)26-21)11-13-9-10-15(23-2)18(25-4)17(13)24-3/h5-10H,11-12H2,1-4H3. The third-order valence-electron chi connectivity index (χ3n) is 4.15. The lowest BCUT2D eigenvalue weighted by atomic mass is 10.1. The third-order valence-corrected chi connectivity index (χ3v) is 5.20. The van der Waals surface area contributed by atoms with Gasteiger partial charge in [0.25, 0.3) is 5.56 Å². The highest BCUT2D eigenvalue weighted by atomic mass is 32.1. The number of methoxy groups -OCH3 is 3. The molecule has 0 N–H and O–H groups in total. The Hall–Kier alpha value is -2.51. The van der Waals surface area contributed by atoms with Gasteiger partial charge in [-0.05, 0) is 25.2 Å². The zero-order chi connectivity index (χ0) is 18.7. The fourth-order valence-electron chi connectivity index (χ4n) is 2.96. The first-order valence-electron chi connectivity index (χ1n) is 8.14. The van der Waals surface area contributed by atoms with Crippen LogP contribution in [0.4, 0.5) is 0 Å². The van der Waals surface area contributed by atoms with Crippen LogP contribution in [0.2, 0.25) is 0 Å². The summed E-state index contributed by atoms with van der Waals surface area (Å²) in [6, 6.07) is 11.5. The van der Waals surface area contributed by atoms with Crippen molar-refractivity contribution in [1.82, 2.24) is 8.86 Å². The first-order chi connectivity index (χ1) is 12.6. The normalized spacial score (nSPS) is 11.1. The molecule has 26 heavy (non-hydrogen) atoms. The van der Waals surface area contributed by atoms with E-state index in [1.54, 1.807) is 25.3 Å². The predicted molar refractivity (Wildman–Crippen MR) is 104 cm³/mol. The Morgan fingerprint density at radius 3 is 2.38 bits per heavy atom. The van der Waals surface area contributed by atoms with Crippen LogP contribution in [0.15, 0.2) is 41.2 Å². The van der Waals surface area contributed by atoms with E-state index in [1.807, 2.05) is 43.4 Å². The summed E-state index contributed by atoms with van der Waals surface area (Å²) >= 11 is 1.47. The lowest BCUT2D eigenvalue weighted by molar-refractivity contribution is 0.260. The molecule has 0 saturated heterocycles. The molecule has 0 atom stereocenters. The van der Waals surface area contributed by atoms with Crippen molar-refractivity contribution in [1.29, 1.82) is 0 Å². The molecule has 0 saturated carbocycles. The summed E-state index contributed by atoms with van der Waals surface area (Å²) in [6.45, 7) is 1.10. The van der Waals surface area contributed by atoms with E-state index in [0.29, 0.717) is 30.5 Å². The topological polar surface area (TPSA) is 52.9 Å². The van der Waals surface area contributed by atoms with E-state index in [1.165, 1.54) is 11.5 Å². The van der Waals surface area contributed by atoms with Crippen molar-refractivity contribution in [2.45, 2.75) is 13.2 Å². The Morgan fingerprint density at radius 2 is 1.73 bits per heavy atom. The number of ether oxygens (including phenoxy) is 3. The number of fused-ring (bicyclic) bond motifs is 1. The average Bonchev–Trinajstić information content (AvgIpc) is 2.97. The second-order valence-electron chi connectivity index (χ2n) is 5.92. The van der Waals surface area contributed by atoms with E-state index in [9.17, 15) is 4.79 Å². The zero-order valence-corrected chi connectivity index (χ0v) is 16.1. The summed E-state index contributed by atoms with van der Waals surface area (Å²) in [6.07, 6.45) is 0. The van der Waals surface area contributed by atoms with Crippen LogP contribution in [0.25, 0.3) is 10.1 Å². The smallest absolute Gasteiger partial charge is 0.269 e. The lowest BCUT2D eigenvalue weighted by Gasteiger charge is -2.20. The van der Waals surface area contributed by atoms with Gasteiger partial charge in [0.15, 0.2) is 11.5 Å². The molecule has 0 bridgehead atoms. The molecule has 0 aliphatic carbocycles. The highest BCUT2D eigenvalue weighted by Crippen LogP contribution is 2.40. The summed E-state index contributed by atoms with van der Waals surface area (Å²) in [4.78, 5) is 14.6. The Bertz CT molecular complexity index is 964. The Kier molecular flexibility index (Phi) is 5.49. The number of hydrogen-bond acceptors (Lipinski definition) is 6. The SMILES string of the molecule is COc1ccc(CN(C)Cn2sc3ccccc3c2=O)c(OC)c1OC. The van der Waals surface area contributed by atoms with E-state index >= 15 is 0 Å². The molecule has 3 aromatic rings. The van der Waals surface area contributed by atoms with Crippen LogP contribution in [0.1, 0.15) is 5.56 Å². The third kappa shape index (κ3) is 3.40. The van der Waals surface area contributed by atoms with Crippen molar-refractivity contribution in [2.24, 2.45) is 0 Å². The molecule has 1 heterocycles. The molecule has 0 aliphatic heterocycles. The maximum atomic E-state index is 12.5. The highest BCUT2D eigenvalue weighted by molar-refractivity contribution is 7.13. The van der Waals surface area contributed by atoms with Crippen molar-refractivity contribution in [3.8, 4) is 17.2 Å². The maximum absolute atomic E-state index is 12.5. The molecule has 6 nitrogen and oxygen atoms in total. The molecule has 0 radical (unpaired) electrons. The molecule has 0 aliphatic rings. The van der Waals surface area contributed by atoms with Crippen LogP contribution >= 0.6 is 11.5 Å². The van der Waals surface area contributed by atoms with Crippen molar-refractivity contribution >= 4 is 21.6 Å². The minimum absolute atomic E-state index is 0.0386. The van der Waals surface area contributed by atoms with Gasteiger partial charge in [0.1, 0.15) is 0 Å². The molecule has 3 rings (SSSR count). The van der Waals surface area contributed by atoms with Gasteiger partial charge in [-0.25, -0.2) is 3.96 Å². The average molecular weight is 374 g/mol. The molecule has 0 unspecified atom stereocenters. The van der Waals surface area contributed by atoms with E-state index in [0.717, 1.165) is 15.6 Å². The van der Waals surface area contributed by atoms with Crippen LogP contribution in [0, 0.1) is 0 Å². The minimum Gasteiger partial charge on any atom is -0.493 e.